The van der Waals surface area contributed by atoms with E-state index in [-0.39, 0.29) is 5.69 Å². The largest absolute Gasteiger partial charge is 0.493 e. The van der Waals surface area contributed by atoms with Gasteiger partial charge in [0.15, 0.2) is 22.2 Å². The van der Waals surface area contributed by atoms with Gasteiger partial charge in [-0.1, -0.05) is 12.1 Å². The van der Waals surface area contributed by atoms with Crippen LogP contribution in [-0.2, 0) is 0 Å². The van der Waals surface area contributed by atoms with Gasteiger partial charge in [-0.2, -0.15) is 0 Å². The maximum absolute atomic E-state index is 11.6. The first-order chi connectivity index (χ1) is 12.7. The monoisotopic (exact) mass is 370 g/mol. The Morgan fingerprint density at radius 1 is 1.42 bits per heavy atom. The van der Waals surface area contributed by atoms with Crippen LogP contribution < -0.4 is 9.47 Å². The molecule has 0 radical (unpaired) electrons. The number of imidazole rings is 1. The van der Waals surface area contributed by atoms with E-state index in [2.05, 4.69) is 4.98 Å². The lowest BCUT2D eigenvalue weighted by Gasteiger charge is -2.13. The quantitative estimate of drug-likeness (QED) is 0.679. The van der Waals surface area contributed by atoms with Crippen molar-refractivity contribution in [3.05, 3.63) is 46.7 Å². The number of methoxy groups -OCH3 is 1. The van der Waals surface area contributed by atoms with E-state index >= 15 is 0 Å². The number of nitrogens with zero attached hydrogens (tertiary/aromatic N) is 2. The summed E-state index contributed by atoms with van der Waals surface area (Å²) in [6.07, 6.45) is 7.65. The first-order valence-electron chi connectivity index (χ1n) is 8.34. The molecule has 6 nitrogen and oxygen atoms in total. The zero-order chi connectivity index (χ0) is 18.1. The molecule has 134 valence electrons. The lowest BCUT2D eigenvalue weighted by atomic mass is 10.1. The van der Waals surface area contributed by atoms with Crippen molar-refractivity contribution in [3.63, 3.8) is 0 Å². The molecule has 1 aliphatic carbocycles. The van der Waals surface area contributed by atoms with Gasteiger partial charge in [0.25, 0.3) is 0 Å². The summed E-state index contributed by atoms with van der Waals surface area (Å²) < 4.78 is 13.0. The summed E-state index contributed by atoms with van der Waals surface area (Å²) in [6, 6.07) is 5.65. The molecule has 1 fully saturated rings. The average Bonchev–Trinajstić information content (AvgIpc) is 3.24. The predicted octanol–water partition coefficient (Wildman–Crippen LogP) is 4.06. The second kappa shape index (κ2) is 6.84. The molecule has 1 aromatic carbocycles. The molecule has 0 spiro atoms. The van der Waals surface area contributed by atoms with Crippen LogP contribution in [0.25, 0.3) is 17.1 Å². The zero-order valence-electron chi connectivity index (χ0n) is 14.2. The Bertz CT molecular complexity index is 985. The van der Waals surface area contributed by atoms with Gasteiger partial charge in [0, 0.05) is 17.1 Å². The van der Waals surface area contributed by atoms with E-state index in [4.69, 9.17) is 9.47 Å². The van der Waals surface area contributed by atoms with Crippen LogP contribution in [0.3, 0.4) is 0 Å². The van der Waals surface area contributed by atoms with Crippen molar-refractivity contribution in [1.29, 1.82) is 0 Å². The Balaban J connectivity index is 1.69. The summed E-state index contributed by atoms with van der Waals surface area (Å²) in [5, 5.41) is 11.3. The predicted molar refractivity (Wildman–Crippen MR) is 100 cm³/mol. The van der Waals surface area contributed by atoms with Crippen LogP contribution in [0.5, 0.6) is 11.5 Å². The van der Waals surface area contributed by atoms with Crippen LogP contribution in [0.2, 0.25) is 0 Å². The minimum Gasteiger partial charge on any atom is -0.493 e. The minimum atomic E-state index is -1.01. The fraction of sp³-hybridized carbons (Fsp3) is 0.263. The number of thiazole rings is 1. The van der Waals surface area contributed by atoms with Crippen molar-refractivity contribution in [1.82, 2.24) is 9.38 Å². The molecule has 0 atom stereocenters. The highest BCUT2D eigenvalue weighted by atomic mass is 32.1. The number of carbonyl (C=O) groups is 1. The lowest BCUT2D eigenvalue weighted by molar-refractivity contribution is 0.0689. The number of hydrogen-bond donors (Lipinski definition) is 1. The number of hydrogen-bond acceptors (Lipinski definition) is 5. The minimum absolute atomic E-state index is 0.154. The molecule has 0 amide bonds. The van der Waals surface area contributed by atoms with Crippen LogP contribution in [-0.4, -0.2) is 34.2 Å². The maximum Gasteiger partial charge on any atom is 0.355 e. The van der Waals surface area contributed by atoms with Gasteiger partial charge in [-0.15, -0.1) is 11.3 Å². The van der Waals surface area contributed by atoms with Crippen molar-refractivity contribution in [2.24, 2.45) is 5.92 Å². The molecule has 0 unspecified atom stereocenters. The van der Waals surface area contributed by atoms with Gasteiger partial charge < -0.3 is 14.6 Å². The molecule has 0 bridgehead atoms. The number of aromatic carboxylic acids is 1. The molecule has 0 saturated heterocycles. The number of carboxylic acid groups (broad SMARTS) is 1. The van der Waals surface area contributed by atoms with Crippen LogP contribution >= 0.6 is 11.3 Å². The van der Waals surface area contributed by atoms with Gasteiger partial charge in [-0.05, 0) is 37.0 Å². The molecule has 7 heteroatoms. The van der Waals surface area contributed by atoms with E-state index in [9.17, 15) is 9.90 Å². The molecule has 3 aromatic rings. The maximum atomic E-state index is 11.6. The normalized spacial score (nSPS) is 14.2. The van der Waals surface area contributed by atoms with Gasteiger partial charge in [0.05, 0.1) is 19.4 Å². The second-order valence-corrected chi connectivity index (χ2v) is 7.05. The van der Waals surface area contributed by atoms with Crippen molar-refractivity contribution >= 4 is 34.4 Å². The number of carboxylic acids is 1. The van der Waals surface area contributed by atoms with E-state index < -0.39 is 5.97 Å². The van der Waals surface area contributed by atoms with Crippen LogP contribution in [0.1, 0.15) is 34.6 Å². The van der Waals surface area contributed by atoms with E-state index in [1.54, 1.807) is 23.8 Å². The molecule has 1 aliphatic rings. The summed E-state index contributed by atoms with van der Waals surface area (Å²) in [4.78, 5) is 16.7. The summed E-state index contributed by atoms with van der Waals surface area (Å²) in [6.45, 7) is 0.668. The topological polar surface area (TPSA) is 73.1 Å². The van der Waals surface area contributed by atoms with Gasteiger partial charge in [0.2, 0.25) is 0 Å². The van der Waals surface area contributed by atoms with Crippen molar-refractivity contribution in [3.8, 4) is 11.5 Å². The molecule has 26 heavy (non-hydrogen) atoms. The fourth-order valence-electron chi connectivity index (χ4n) is 2.76. The molecule has 0 aliphatic heterocycles. The van der Waals surface area contributed by atoms with Crippen LogP contribution in [0.4, 0.5) is 0 Å². The molecule has 2 aromatic heterocycles. The van der Waals surface area contributed by atoms with Crippen LogP contribution in [0, 0.1) is 5.92 Å². The highest BCUT2D eigenvalue weighted by Gasteiger charge is 2.23. The molecule has 4 rings (SSSR count). The Hall–Kier alpha value is -2.80. The van der Waals surface area contributed by atoms with Gasteiger partial charge >= 0.3 is 5.97 Å². The van der Waals surface area contributed by atoms with Crippen molar-refractivity contribution in [2.45, 2.75) is 12.8 Å². The smallest absolute Gasteiger partial charge is 0.355 e. The SMILES string of the molecule is COc1cccc(C=Cc2nc3sccn3c2C(=O)O)c1OCC1CC1. The number of benzene rings is 1. The van der Waals surface area contributed by atoms with E-state index in [1.807, 2.05) is 29.7 Å². The number of para-hydroxylation sites is 1. The van der Waals surface area contributed by atoms with Gasteiger partial charge in [-0.3, -0.25) is 4.40 Å². The summed E-state index contributed by atoms with van der Waals surface area (Å²) >= 11 is 1.40. The Labute approximate surface area is 154 Å². The zero-order valence-corrected chi connectivity index (χ0v) is 15.0. The number of rotatable bonds is 7. The van der Waals surface area contributed by atoms with Crippen LogP contribution in [0.15, 0.2) is 29.8 Å². The second-order valence-electron chi connectivity index (χ2n) is 6.17. The van der Waals surface area contributed by atoms with E-state index in [0.717, 1.165) is 5.56 Å². The Kier molecular flexibility index (Phi) is 4.38. The Morgan fingerprint density at radius 3 is 3.00 bits per heavy atom. The first kappa shape index (κ1) is 16.7. The molecular weight excluding hydrogens is 352 g/mol. The fourth-order valence-corrected chi connectivity index (χ4v) is 3.49. The number of fused-ring (bicyclic) bond motifs is 1. The van der Waals surface area contributed by atoms with Gasteiger partial charge in [0.1, 0.15) is 0 Å². The first-order valence-corrected chi connectivity index (χ1v) is 9.22. The molecule has 1 saturated carbocycles. The average molecular weight is 370 g/mol. The lowest BCUT2D eigenvalue weighted by Crippen LogP contribution is -2.03. The molecular formula is C19H18N2O4S. The van der Waals surface area contributed by atoms with E-state index in [1.165, 1.54) is 24.2 Å². The number of ether oxygens (including phenoxy) is 2. The summed E-state index contributed by atoms with van der Waals surface area (Å²) in [5.74, 6) is 0.954. The third-order valence-electron chi connectivity index (χ3n) is 4.30. The standard InChI is InChI=1S/C19H18N2O4S/c1-24-15-4-2-3-13(17(15)25-11-12-5-6-12)7-8-14-16(18(22)23)21-9-10-26-19(21)20-14/h2-4,7-10,12H,5-6,11H2,1H3,(H,22,23). The molecule has 2 heterocycles. The third-order valence-corrected chi connectivity index (χ3v) is 5.06. The van der Waals surface area contributed by atoms with E-state index in [0.29, 0.717) is 34.7 Å². The van der Waals surface area contributed by atoms with Crippen molar-refractivity contribution < 1.29 is 19.4 Å². The Morgan fingerprint density at radius 2 is 2.27 bits per heavy atom. The van der Waals surface area contributed by atoms with Gasteiger partial charge in [-0.25, -0.2) is 9.78 Å². The summed E-state index contributed by atoms with van der Waals surface area (Å²) in [7, 11) is 1.61. The van der Waals surface area contributed by atoms with Crippen molar-refractivity contribution in [2.75, 3.05) is 13.7 Å². The molecule has 1 N–H and O–H groups in total. The highest BCUT2D eigenvalue weighted by molar-refractivity contribution is 7.15. The summed E-state index contributed by atoms with van der Waals surface area (Å²) in [5.41, 5.74) is 1.40. The highest BCUT2D eigenvalue weighted by Crippen LogP contribution is 2.36. The number of aromatic nitrogens is 2. The third kappa shape index (κ3) is 3.17.